The molecule has 0 radical (unpaired) electrons. The molecule has 0 aliphatic rings. The molecule has 17 heavy (non-hydrogen) atoms. The molecule has 0 spiro atoms. The highest BCUT2D eigenvalue weighted by molar-refractivity contribution is 5.58. The van der Waals surface area contributed by atoms with Gasteiger partial charge in [-0.05, 0) is 11.8 Å². The summed E-state index contributed by atoms with van der Waals surface area (Å²) in [7, 11) is 0. The van der Waals surface area contributed by atoms with Crippen LogP contribution in [0.3, 0.4) is 0 Å². The molecule has 0 aliphatic carbocycles. The Balaban J connectivity index is 2.56. The minimum atomic E-state index is -0.341. The van der Waals surface area contributed by atoms with Crippen LogP contribution in [0, 0.1) is 5.41 Å². The molecular formula is C11H21N5O. The van der Waals surface area contributed by atoms with Crippen molar-refractivity contribution in [2.45, 2.75) is 33.2 Å². The largest absolute Gasteiger partial charge is 0.391 e. The third-order valence-corrected chi connectivity index (χ3v) is 2.30. The first-order valence-corrected chi connectivity index (χ1v) is 5.62. The molecule has 96 valence electrons. The highest BCUT2D eigenvalue weighted by Crippen LogP contribution is 2.20. The van der Waals surface area contributed by atoms with Gasteiger partial charge in [-0.2, -0.15) is 0 Å². The van der Waals surface area contributed by atoms with Crippen molar-refractivity contribution in [3.8, 4) is 0 Å². The Morgan fingerprint density at radius 3 is 2.76 bits per heavy atom. The summed E-state index contributed by atoms with van der Waals surface area (Å²) in [5.74, 6) is 0.387. The van der Waals surface area contributed by atoms with Gasteiger partial charge in [0.1, 0.15) is 5.69 Å². The van der Waals surface area contributed by atoms with Crippen LogP contribution >= 0.6 is 0 Å². The quantitative estimate of drug-likeness (QED) is 0.612. The van der Waals surface area contributed by atoms with Crippen molar-refractivity contribution in [1.82, 2.24) is 9.97 Å². The van der Waals surface area contributed by atoms with Crippen LogP contribution in [0.4, 0.5) is 11.5 Å². The Morgan fingerprint density at radius 2 is 2.18 bits per heavy atom. The molecule has 6 N–H and O–H groups in total. The number of aromatic amines is 1. The fraction of sp³-hybridized carbons (Fsp3) is 0.636. The fourth-order valence-electron chi connectivity index (χ4n) is 1.64. The minimum Gasteiger partial charge on any atom is -0.391 e. The Bertz CT molecular complexity index is 421. The number of nitrogens with one attached hydrogen (secondary N) is 2. The second kappa shape index (κ2) is 5.18. The summed E-state index contributed by atoms with van der Waals surface area (Å²) in [4.78, 5) is 17.6. The Hall–Kier alpha value is -1.56. The zero-order valence-electron chi connectivity index (χ0n) is 10.6. The number of nitrogens with zero attached hydrogens (tertiary/aromatic N) is 1. The average Bonchev–Trinajstić information content (AvgIpc) is 2.18. The van der Waals surface area contributed by atoms with Gasteiger partial charge in [-0.15, -0.1) is 0 Å². The summed E-state index contributed by atoms with van der Waals surface area (Å²) in [5, 5.41) is 3.00. The molecule has 0 bridgehead atoms. The molecule has 0 amide bonds. The van der Waals surface area contributed by atoms with E-state index >= 15 is 0 Å². The molecule has 0 aliphatic heterocycles. The Kier molecular flexibility index (Phi) is 4.11. The highest BCUT2D eigenvalue weighted by atomic mass is 16.1. The van der Waals surface area contributed by atoms with E-state index in [0.717, 1.165) is 6.42 Å². The van der Waals surface area contributed by atoms with E-state index in [2.05, 4.69) is 36.1 Å². The van der Waals surface area contributed by atoms with E-state index in [0.29, 0.717) is 12.4 Å². The summed E-state index contributed by atoms with van der Waals surface area (Å²) in [6.07, 6.45) is 2.19. The number of rotatable bonds is 4. The highest BCUT2D eigenvalue weighted by Gasteiger charge is 2.16. The van der Waals surface area contributed by atoms with Gasteiger partial charge in [0.15, 0.2) is 5.82 Å². The molecule has 1 aromatic rings. The molecule has 1 atom stereocenters. The molecule has 0 saturated heterocycles. The molecule has 1 unspecified atom stereocenters. The second-order valence-electron chi connectivity index (χ2n) is 5.40. The van der Waals surface area contributed by atoms with Gasteiger partial charge >= 0.3 is 0 Å². The van der Waals surface area contributed by atoms with Crippen molar-refractivity contribution < 1.29 is 0 Å². The lowest BCUT2D eigenvalue weighted by Crippen LogP contribution is -2.33. The predicted octanol–water partition coefficient (Wildman–Crippen LogP) is 0.528. The van der Waals surface area contributed by atoms with Gasteiger partial charge in [0.05, 0.1) is 6.33 Å². The summed E-state index contributed by atoms with van der Waals surface area (Å²) >= 11 is 0. The van der Waals surface area contributed by atoms with Crippen molar-refractivity contribution in [1.29, 1.82) is 0 Å². The SMILES string of the molecule is CC(C)(C)CC(N)CNc1nc[nH]c(=O)c1N. The van der Waals surface area contributed by atoms with Gasteiger partial charge in [0, 0.05) is 12.6 Å². The van der Waals surface area contributed by atoms with Gasteiger partial charge in [-0.1, -0.05) is 20.8 Å². The molecule has 0 aromatic carbocycles. The number of hydrogen-bond acceptors (Lipinski definition) is 5. The second-order valence-corrected chi connectivity index (χ2v) is 5.40. The van der Waals surface area contributed by atoms with Crippen LogP contribution in [0.15, 0.2) is 11.1 Å². The zero-order valence-corrected chi connectivity index (χ0v) is 10.6. The van der Waals surface area contributed by atoms with Crippen molar-refractivity contribution in [2.24, 2.45) is 11.1 Å². The number of anilines is 2. The monoisotopic (exact) mass is 239 g/mol. The van der Waals surface area contributed by atoms with E-state index in [1.54, 1.807) is 0 Å². The van der Waals surface area contributed by atoms with Crippen molar-refractivity contribution in [2.75, 3.05) is 17.6 Å². The third-order valence-electron chi connectivity index (χ3n) is 2.30. The van der Waals surface area contributed by atoms with Crippen LogP contribution in [0.2, 0.25) is 0 Å². The first kappa shape index (κ1) is 13.5. The van der Waals surface area contributed by atoms with Crippen molar-refractivity contribution in [3.05, 3.63) is 16.7 Å². The van der Waals surface area contributed by atoms with E-state index in [9.17, 15) is 4.79 Å². The number of aromatic nitrogens is 2. The van der Waals surface area contributed by atoms with E-state index in [1.807, 2.05) is 0 Å². The van der Waals surface area contributed by atoms with E-state index in [-0.39, 0.29) is 22.7 Å². The topological polar surface area (TPSA) is 110 Å². The molecule has 1 rings (SSSR count). The minimum absolute atomic E-state index is 0.00418. The van der Waals surface area contributed by atoms with Gasteiger partial charge in [0.2, 0.25) is 0 Å². The number of nitrogens with two attached hydrogens (primary N) is 2. The smallest absolute Gasteiger partial charge is 0.276 e. The maximum atomic E-state index is 11.2. The maximum Gasteiger partial charge on any atom is 0.276 e. The van der Waals surface area contributed by atoms with Gasteiger partial charge in [-0.3, -0.25) is 4.79 Å². The van der Waals surface area contributed by atoms with E-state index in [1.165, 1.54) is 6.33 Å². The normalized spacial score (nSPS) is 13.4. The summed E-state index contributed by atoms with van der Waals surface area (Å²) in [6.45, 7) is 6.93. The Morgan fingerprint density at radius 1 is 1.53 bits per heavy atom. The van der Waals surface area contributed by atoms with Crippen LogP contribution in [-0.4, -0.2) is 22.6 Å². The average molecular weight is 239 g/mol. The van der Waals surface area contributed by atoms with Crippen molar-refractivity contribution >= 4 is 11.5 Å². The first-order chi connectivity index (χ1) is 7.79. The predicted molar refractivity (Wildman–Crippen MR) is 69.8 cm³/mol. The lowest BCUT2D eigenvalue weighted by Gasteiger charge is -2.23. The molecule has 0 fully saturated rings. The number of hydrogen-bond donors (Lipinski definition) is 4. The third kappa shape index (κ3) is 4.44. The van der Waals surface area contributed by atoms with E-state index in [4.69, 9.17) is 11.5 Å². The fourth-order valence-corrected chi connectivity index (χ4v) is 1.64. The van der Waals surface area contributed by atoms with Crippen LogP contribution < -0.4 is 22.3 Å². The van der Waals surface area contributed by atoms with Crippen LogP contribution in [-0.2, 0) is 0 Å². The Labute approximate surface area is 101 Å². The van der Waals surface area contributed by atoms with E-state index < -0.39 is 0 Å². The summed E-state index contributed by atoms with van der Waals surface area (Å²) in [6, 6.07) is -0.00418. The van der Waals surface area contributed by atoms with Crippen molar-refractivity contribution in [3.63, 3.8) is 0 Å². The van der Waals surface area contributed by atoms with Gasteiger partial charge in [-0.25, -0.2) is 4.98 Å². The van der Waals surface area contributed by atoms with Gasteiger partial charge in [0.25, 0.3) is 5.56 Å². The molecule has 1 aromatic heterocycles. The van der Waals surface area contributed by atoms with Crippen LogP contribution in [0.5, 0.6) is 0 Å². The molecule has 6 nitrogen and oxygen atoms in total. The molecular weight excluding hydrogens is 218 g/mol. The molecule has 1 heterocycles. The zero-order chi connectivity index (χ0) is 13.1. The lowest BCUT2D eigenvalue weighted by molar-refractivity contribution is 0.344. The molecule has 0 saturated carbocycles. The standard InChI is InChI=1S/C11H21N5O/c1-11(2,3)4-7(12)5-14-9-8(13)10(17)16-6-15-9/h6-7H,4-5,12-13H2,1-3H3,(H2,14,15,16,17). The number of nitrogen functional groups attached to an aromatic ring is 1. The summed E-state index contributed by atoms with van der Waals surface area (Å²) in [5.41, 5.74) is 11.5. The van der Waals surface area contributed by atoms with Gasteiger partial charge < -0.3 is 21.8 Å². The lowest BCUT2D eigenvalue weighted by atomic mass is 9.88. The number of H-pyrrole nitrogens is 1. The maximum absolute atomic E-state index is 11.2. The first-order valence-electron chi connectivity index (χ1n) is 5.62. The summed E-state index contributed by atoms with van der Waals surface area (Å²) < 4.78 is 0. The van der Waals surface area contributed by atoms with Crippen LogP contribution in [0.1, 0.15) is 27.2 Å². The van der Waals surface area contributed by atoms with Crippen LogP contribution in [0.25, 0.3) is 0 Å². The molecule has 6 heteroatoms.